The van der Waals surface area contributed by atoms with E-state index in [2.05, 4.69) is 15.9 Å². The molecule has 0 bridgehead atoms. The summed E-state index contributed by atoms with van der Waals surface area (Å²) in [5, 5.41) is -0.304. The predicted octanol–water partition coefficient (Wildman–Crippen LogP) is 5.09. The van der Waals surface area contributed by atoms with Crippen molar-refractivity contribution in [2.45, 2.75) is 26.3 Å². The Morgan fingerprint density at radius 3 is 2.62 bits per heavy atom. The van der Waals surface area contributed by atoms with Crippen LogP contribution < -0.4 is 9.47 Å². The number of benzene rings is 2. The Bertz CT molecular complexity index is 1130. The lowest BCUT2D eigenvalue weighted by molar-refractivity contribution is -0.132. The molecule has 0 N–H and O–H groups in total. The molecule has 0 saturated carbocycles. The molecule has 0 aliphatic carbocycles. The van der Waals surface area contributed by atoms with Gasteiger partial charge in [0.25, 0.3) is 17.1 Å². The van der Waals surface area contributed by atoms with Gasteiger partial charge in [-0.25, -0.2) is 0 Å². The van der Waals surface area contributed by atoms with Crippen LogP contribution in [0.1, 0.15) is 30.9 Å². The molecule has 3 amide bonds. The molecule has 34 heavy (non-hydrogen) atoms. The van der Waals surface area contributed by atoms with E-state index in [1.807, 2.05) is 31.2 Å². The molecule has 0 aromatic heterocycles. The average Bonchev–Trinajstić information content (AvgIpc) is 3.44. The molecule has 2 aliphatic heterocycles. The summed E-state index contributed by atoms with van der Waals surface area (Å²) in [5.74, 6) is 0.584. The Morgan fingerprint density at radius 1 is 1.09 bits per heavy atom. The van der Waals surface area contributed by atoms with Gasteiger partial charge in [-0.05, 0) is 73.0 Å². The van der Waals surface area contributed by atoms with Crippen LogP contribution in [0, 0.1) is 0 Å². The Morgan fingerprint density at radius 2 is 1.88 bits per heavy atom. The molecular weight excluding hydrogens is 520 g/mol. The minimum Gasteiger partial charge on any atom is -0.490 e. The van der Waals surface area contributed by atoms with Crippen LogP contribution in [0.25, 0.3) is 6.08 Å². The zero-order valence-corrected chi connectivity index (χ0v) is 21.2. The van der Waals surface area contributed by atoms with E-state index in [4.69, 9.17) is 9.47 Å². The minimum atomic E-state index is -0.329. The van der Waals surface area contributed by atoms with E-state index in [9.17, 15) is 14.4 Å². The number of hydrogen-bond donors (Lipinski definition) is 0. The van der Waals surface area contributed by atoms with Gasteiger partial charge in [0, 0.05) is 17.6 Å². The van der Waals surface area contributed by atoms with Crippen LogP contribution in [-0.2, 0) is 16.1 Å². The molecule has 0 radical (unpaired) electrons. The Labute approximate surface area is 211 Å². The van der Waals surface area contributed by atoms with Crippen molar-refractivity contribution in [2.24, 2.45) is 0 Å². The maximum absolute atomic E-state index is 12.9. The van der Waals surface area contributed by atoms with E-state index in [1.165, 1.54) is 4.90 Å². The number of nitrogens with zero attached hydrogens (tertiary/aromatic N) is 2. The van der Waals surface area contributed by atoms with Crippen LogP contribution in [-0.4, -0.2) is 53.2 Å². The molecular formula is C25H25BrN2O5S. The second kappa shape index (κ2) is 11.1. The largest absolute Gasteiger partial charge is 0.490 e. The van der Waals surface area contributed by atoms with E-state index in [1.54, 1.807) is 29.2 Å². The summed E-state index contributed by atoms with van der Waals surface area (Å²) in [7, 11) is 0. The van der Waals surface area contributed by atoms with Crippen LogP contribution in [0.3, 0.4) is 0 Å². The highest BCUT2D eigenvalue weighted by atomic mass is 79.9. The highest BCUT2D eigenvalue weighted by Gasteiger charge is 2.35. The summed E-state index contributed by atoms with van der Waals surface area (Å²) < 4.78 is 12.3. The maximum atomic E-state index is 12.9. The van der Waals surface area contributed by atoms with Gasteiger partial charge >= 0.3 is 0 Å². The smallest absolute Gasteiger partial charge is 0.293 e. The minimum absolute atomic E-state index is 0.0388. The lowest BCUT2D eigenvalue weighted by Crippen LogP contribution is -2.32. The fourth-order valence-corrected chi connectivity index (χ4v) is 5.09. The van der Waals surface area contributed by atoms with Crippen molar-refractivity contribution < 1.29 is 23.9 Å². The quantitative estimate of drug-likeness (QED) is 0.431. The zero-order chi connectivity index (χ0) is 24.1. The molecule has 2 fully saturated rings. The van der Waals surface area contributed by atoms with Gasteiger partial charge in [-0.2, -0.15) is 0 Å². The molecule has 0 unspecified atom stereocenters. The van der Waals surface area contributed by atoms with Gasteiger partial charge in [-0.1, -0.05) is 34.1 Å². The third-order valence-corrected chi connectivity index (χ3v) is 6.88. The first-order valence-electron chi connectivity index (χ1n) is 11.1. The van der Waals surface area contributed by atoms with Gasteiger partial charge < -0.3 is 14.4 Å². The van der Waals surface area contributed by atoms with E-state index in [-0.39, 0.29) is 30.2 Å². The van der Waals surface area contributed by atoms with Crippen LogP contribution in [0.15, 0.2) is 51.8 Å². The number of amides is 3. The number of carbonyl (C=O) groups excluding carboxylic acids is 3. The number of thioether (sulfide) groups is 1. The summed E-state index contributed by atoms with van der Waals surface area (Å²) in [4.78, 5) is 41.1. The second-order valence-electron chi connectivity index (χ2n) is 7.91. The predicted molar refractivity (Wildman–Crippen MR) is 135 cm³/mol. The van der Waals surface area contributed by atoms with Crippen molar-refractivity contribution in [3.05, 3.63) is 63.0 Å². The van der Waals surface area contributed by atoms with E-state index in [0.29, 0.717) is 28.6 Å². The number of likely N-dealkylation sites (tertiary alicyclic amines) is 1. The summed E-state index contributed by atoms with van der Waals surface area (Å²) >= 11 is 4.33. The van der Waals surface area contributed by atoms with Gasteiger partial charge in [0.2, 0.25) is 0 Å². The maximum Gasteiger partial charge on any atom is 0.293 e. The fraction of sp³-hybridized carbons (Fsp3) is 0.320. The Kier molecular flexibility index (Phi) is 7.95. The molecule has 0 atom stereocenters. The Hall–Kier alpha value is -2.78. The highest BCUT2D eigenvalue weighted by Crippen LogP contribution is 2.35. The van der Waals surface area contributed by atoms with Gasteiger partial charge in [-0.3, -0.25) is 19.3 Å². The number of hydrogen-bond acceptors (Lipinski definition) is 6. The number of imide groups is 1. The van der Waals surface area contributed by atoms with Crippen molar-refractivity contribution in [1.82, 2.24) is 9.80 Å². The van der Waals surface area contributed by atoms with Crippen molar-refractivity contribution >= 4 is 50.8 Å². The van der Waals surface area contributed by atoms with Crippen molar-refractivity contribution in [2.75, 3.05) is 26.3 Å². The van der Waals surface area contributed by atoms with Crippen LogP contribution in [0.4, 0.5) is 4.79 Å². The summed E-state index contributed by atoms with van der Waals surface area (Å²) in [6.45, 7) is 3.99. The fourth-order valence-electron chi connectivity index (χ4n) is 3.80. The van der Waals surface area contributed by atoms with Gasteiger partial charge in [0.05, 0.1) is 18.1 Å². The second-order valence-corrected chi connectivity index (χ2v) is 9.82. The monoisotopic (exact) mass is 544 g/mol. The molecule has 2 aromatic carbocycles. The van der Waals surface area contributed by atoms with Crippen LogP contribution >= 0.6 is 27.7 Å². The lowest BCUT2D eigenvalue weighted by atomic mass is 10.1. The summed E-state index contributed by atoms with van der Waals surface area (Å²) in [5.41, 5.74) is 1.57. The van der Waals surface area contributed by atoms with E-state index < -0.39 is 0 Å². The van der Waals surface area contributed by atoms with Gasteiger partial charge in [0.1, 0.15) is 0 Å². The molecule has 178 valence electrons. The van der Waals surface area contributed by atoms with Crippen molar-refractivity contribution in [1.29, 1.82) is 0 Å². The van der Waals surface area contributed by atoms with E-state index >= 15 is 0 Å². The van der Waals surface area contributed by atoms with Gasteiger partial charge in [0.15, 0.2) is 18.1 Å². The Balaban J connectivity index is 1.47. The molecule has 0 spiro atoms. The number of carbonyl (C=O) groups is 3. The SMILES string of the molecule is CCOc1cc(/C=C2\SC(=O)N(Cc3cccc(Br)c3)C2=O)ccc1OCC(=O)N1CCCC1. The first kappa shape index (κ1) is 24.3. The molecule has 4 rings (SSSR count). The molecule has 2 aliphatic rings. The number of rotatable bonds is 8. The standard InChI is InChI=1S/C25H25BrN2O5S/c1-2-32-21-13-17(8-9-20(21)33-16-23(29)27-10-3-4-11-27)14-22-24(30)28(25(31)34-22)15-18-6-5-7-19(26)12-18/h5-9,12-14H,2-4,10-11,15-16H2,1H3/b22-14-. The van der Waals surface area contributed by atoms with Crippen LogP contribution in [0.5, 0.6) is 11.5 Å². The molecule has 2 saturated heterocycles. The van der Waals surface area contributed by atoms with Crippen molar-refractivity contribution in [3.8, 4) is 11.5 Å². The molecule has 2 aromatic rings. The third-order valence-electron chi connectivity index (χ3n) is 5.48. The number of halogens is 1. The summed E-state index contributed by atoms with van der Waals surface area (Å²) in [6.07, 6.45) is 3.73. The van der Waals surface area contributed by atoms with Crippen LogP contribution in [0.2, 0.25) is 0 Å². The first-order valence-corrected chi connectivity index (χ1v) is 12.7. The van der Waals surface area contributed by atoms with Gasteiger partial charge in [-0.15, -0.1) is 0 Å². The highest BCUT2D eigenvalue weighted by molar-refractivity contribution is 9.10. The normalized spacial score (nSPS) is 17.1. The van der Waals surface area contributed by atoms with E-state index in [0.717, 1.165) is 47.7 Å². The zero-order valence-electron chi connectivity index (χ0n) is 18.8. The average molecular weight is 545 g/mol. The first-order chi connectivity index (χ1) is 16.4. The topological polar surface area (TPSA) is 76.1 Å². The number of ether oxygens (including phenoxy) is 2. The lowest BCUT2D eigenvalue weighted by Gasteiger charge is -2.17. The van der Waals surface area contributed by atoms with Crippen molar-refractivity contribution in [3.63, 3.8) is 0 Å². The molecule has 7 nitrogen and oxygen atoms in total. The molecule has 2 heterocycles. The summed E-state index contributed by atoms with van der Waals surface area (Å²) in [6, 6.07) is 12.8. The molecule has 9 heteroatoms. The third kappa shape index (κ3) is 5.82.